The van der Waals surface area contributed by atoms with E-state index in [1.807, 2.05) is 30.3 Å². The van der Waals surface area contributed by atoms with Crippen LogP contribution in [-0.4, -0.2) is 31.6 Å². The first-order valence-corrected chi connectivity index (χ1v) is 13.2. The maximum absolute atomic E-state index is 13.9. The second-order valence-electron chi connectivity index (χ2n) is 10.1. The van der Waals surface area contributed by atoms with Crippen molar-refractivity contribution in [2.45, 2.75) is 37.8 Å². The third-order valence-electron chi connectivity index (χ3n) is 7.70. The molecule has 5 rings (SSSR count). The Hall–Kier alpha value is -4.40. The van der Waals surface area contributed by atoms with Crippen LogP contribution in [0.15, 0.2) is 89.1 Å². The van der Waals surface area contributed by atoms with Crippen LogP contribution in [0.1, 0.15) is 48.3 Å². The number of amides is 1. The van der Waals surface area contributed by atoms with Gasteiger partial charge in [-0.1, -0.05) is 54.6 Å². The zero-order chi connectivity index (χ0) is 29.3. The number of Topliss-reactive ketones (excluding diaryl/α,β-unsaturated/α-hetero) is 1. The van der Waals surface area contributed by atoms with Gasteiger partial charge in [0, 0.05) is 34.9 Å². The number of nitrogens with one attached hydrogen (secondary N) is 1. The molecule has 0 saturated carbocycles. The molecule has 3 aromatic rings. The molecule has 3 atom stereocenters. The predicted octanol–water partition coefficient (Wildman–Crippen LogP) is 6.94. The van der Waals surface area contributed by atoms with E-state index in [4.69, 9.17) is 14.5 Å². The molecule has 6 nitrogen and oxygen atoms in total. The molecule has 0 aromatic heterocycles. The quantitative estimate of drug-likeness (QED) is 0.353. The summed E-state index contributed by atoms with van der Waals surface area (Å²) in [5.41, 5.74) is 1.54. The van der Waals surface area contributed by atoms with Crippen LogP contribution in [0.25, 0.3) is 0 Å². The molecule has 0 bridgehead atoms. The van der Waals surface area contributed by atoms with E-state index in [-0.39, 0.29) is 23.8 Å². The number of anilines is 1. The molecule has 1 N–H and O–H groups in total. The van der Waals surface area contributed by atoms with Gasteiger partial charge < -0.3 is 14.8 Å². The largest absolute Gasteiger partial charge is 0.493 e. The number of para-hydroxylation sites is 2. The van der Waals surface area contributed by atoms with E-state index in [9.17, 15) is 22.8 Å². The average Bonchev–Trinajstić information content (AvgIpc) is 2.95. The highest BCUT2D eigenvalue weighted by Crippen LogP contribution is 2.50. The number of hydrogen-bond donors (Lipinski definition) is 1. The van der Waals surface area contributed by atoms with Crippen LogP contribution >= 0.6 is 0 Å². The van der Waals surface area contributed by atoms with Gasteiger partial charge in [0.25, 0.3) is 0 Å². The first kappa shape index (κ1) is 28.1. The zero-order valence-electron chi connectivity index (χ0n) is 22.8. The highest BCUT2D eigenvalue weighted by Gasteiger charge is 2.46. The summed E-state index contributed by atoms with van der Waals surface area (Å²) in [4.78, 5) is 32.5. The van der Waals surface area contributed by atoms with Gasteiger partial charge in [-0.3, -0.25) is 14.6 Å². The lowest BCUT2D eigenvalue weighted by atomic mass is 9.68. The molecule has 1 unspecified atom stereocenters. The van der Waals surface area contributed by atoms with Crippen molar-refractivity contribution in [3.05, 3.63) is 101 Å². The van der Waals surface area contributed by atoms with Crippen molar-refractivity contribution in [1.82, 2.24) is 0 Å². The number of carbonyl (C=O) groups excluding carboxylic acids is 2. The van der Waals surface area contributed by atoms with Gasteiger partial charge in [-0.25, -0.2) is 0 Å². The normalized spacial score (nSPS) is 20.7. The fourth-order valence-electron chi connectivity index (χ4n) is 5.90. The molecule has 0 spiro atoms. The summed E-state index contributed by atoms with van der Waals surface area (Å²) in [7, 11) is 2.94. The molecular weight excluding hydrogens is 533 g/mol. The molecule has 9 heteroatoms. The summed E-state index contributed by atoms with van der Waals surface area (Å²) >= 11 is 0. The smallest absolute Gasteiger partial charge is 0.418 e. The number of hydrogen-bond acceptors (Lipinski definition) is 5. The van der Waals surface area contributed by atoms with Crippen molar-refractivity contribution in [3.63, 3.8) is 0 Å². The molecule has 3 aromatic carbocycles. The van der Waals surface area contributed by atoms with Crippen molar-refractivity contribution in [2.24, 2.45) is 10.9 Å². The van der Waals surface area contributed by atoms with E-state index in [2.05, 4.69) is 5.32 Å². The molecule has 1 aliphatic heterocycles. The van der Waals surface area contributed by atoms with Gasteiger partial charge in [0.1, 0.15) is 0 Å². The Bertz CT molecular complexity index is 1550. The lowest BCUT2D eigenvalue weighted by Gasteiger charge is -2.37. The standard InChI is InChI=1S/C32H29F3N2O4/c1-18-27(31(39)37-23-14-8-7-13-22(23)32(33,34)35)28(21-12-9-15-26(40-2)30(21)41-3)29-24(36-18)16-20(17-25(29)38)19-10-5-4-6-11-19/h4-15,20,27-28H,16-17H2,1-3H3,(H,37,39)/t20-,27?,28-/m1/s1. The zero-order valence-corrected chi connectivity index (χ0v) is 22.8. The van der Waals surface area contributed by atoms with Crippen LogP contribution in [-0.2, 0) is 15.8 Å². The maximum atomic E-state index is 13.9. The third-order valence-corrected chi connectivity index (χ3v) is 7.70. The van der Waals surface area contributed by atoms with Gasteiger partial charge in [0.15, 0.2) is 17.3 Å². The second kappa shape index (κ2) is 11.2. The topological polar surface area (TPSA) is 77.0 Å². The van der Waals surface area contributed by atoms with E-state index in [1.165, 1.54) is 32.4 Å². The van der Waals surface area contributed by atoms with Crippen molar-refractivity contribution >= 4 is 23.1 Å². The Labute approximate surface area is 235 Å². The van der Waals surface area contributed by atoms with Crippen LogP contribution in [0.2, 0.25) is 0 Å². The van der Waals surface area contributed by atoms with Crippen molar-refractivity contribution in [2.75, 3.05) is 19.5 Å². The van der Waals surface area contributed by atoms with Gasteiger partial charge in [-0.05, 0) is 43.0 Å². The Kier molecular flexibility index (Phi) is 7.71. The number of rotatable bonds is 6. The summed E-state index contributed by atoms with van der Waals surface area (Å²) in [6, 6.07) is 19.7. The van der Waals surface area contributed by atoms with E-state index in [1.54, 1.807) is 25.1 Å². The number of benzene rings is 3. The molecule has 0 fully saturated rings. The molecule has 0 saturated heterocycles. The Morgan fingerprint density at radius 1 is 0.927 bits per heavy atom. The molecule has 1 aliphatic carbocycles. The minimum atomic E-state index is -4.67. The summed E-state index contributed by atoms with van der Waals surface area (Å²) in [6.07, 6.45) is -3.97. The first-order valence-electron chi connectivity index (χ1n) is 13.2. The second-order valence-corrected chi connectivity index (χ2v) is 10.1. The number of ketones is 1. The minimum absolute atomic E-state index is 0.0871. The Balaban J connectivity index is 1.63. The highest BCUT2D eigenvalue weighted by atomic mass is 19.4. The van der Waals surface area contributed by atoms with E-state index < -0.39 is 29.5 Å². The van der Waals surface area contributed by atoms with Crippen molar-refractivity contribution < 1.29 is 32.2 Å². The fraction of sp³-hybridized carbons (Fsp3) is 0.281. The number of nitrogens with zero attached hydrogens (tertiary/aromatic N) is 1. The SMILES string of the molecule is COc1cccc([C@H]2C3=C(C[C@@H](c4ccccc4)CC3=O)N=C(C)C2C(=O)Nc2ccccc2C(F)(F)F)c1OC. The predicted molar refractivity (Wildman–Crippen MR) is 149 cm³/mol. The number of allylic oxidation sites excluding steroid dienone is 2. The monoisotopic (exact) mass is 562 g/mol. The molecule has 1 heterocycles. The lowest BCUT2D eigenvalue weighted by molar-refractivity contribution is -0.137. The Morgan fingerprint density at radius 2 is 1.63 bits per heavy atom. The van der Waals surface area contributed by atoms with Crippen LogP contribution in [0.5, 0.6) is 11.5 Å². The van der Waals surface area contributed by atoms with Crippen molar-refractivity contribution in [1.29, 1.82) is 0 Å². The number of methoxy groups -OCH3 is 2. The van der Waals surface area contributed by atoms with E-state index in [0.29, 0.717) is 40.5 Å². The number of alkyl halides is 3. The minimum Gasteiger partial charge on any atom is -0.493 e. The molecule has 41 heavy (non-hydrogen) atoms. The van der Waals surface area contributed by atoms with Crippen molar-refractivity contribution in [3.8, 4) is 11.5 Å². The van der Waals surface area contributed by atoms with Gasteiger partial charge in [-0.15, -0.1) is 0 Å². The molecular formula is C32H29F3N2O4. The van der Waals surface area contributed by atoms with Gasteiger partial charge in [0.2, 0.25) is 5.91 Å². The summed E-state index contributed by atoms with van der Waals surface area (Å²) in [5, 5.41) is 2.48. The lowest BCUT2D eigenvalue weighted by Crippen LogP contribution is -2.40. The fourth-order valence-corrected chi connectivity index (χ4v) is 5.90. The van der Waals surface area contributed by atoms with Gasteiger partial charge in [-0.2, -0.15) is 13.2 Å². The first-order chi connectivity index (χ1) is 19.6. The number of aliphatic imine (C=N–C) groups is 1. The highest BCUT2D eigenvalue weighted by molar-refractivity contribution is 6.13. The van der Waals surface area contributed by atoms with E-state index >= 15 is 0 Å². The van der Waals surface area contributed by atoms with E-state index in [0.717, 1.165) is 11.6 Å². The molecule has 1 amide bonds. The van der Waals surface area contributed by atoms with Crippen LogP contribution < -0.4 is 14.8 Å². The maximum Gasteiger partial charge on any atom is 0.418 e. The molecule has 212 valence electrons. The molecule has 0 radical (unpaired) electrons. The van der Waals surface area contributed by atoms with Gasteiger partial charge in [0.05, 0.1) is 31.4 Å². The summed E-state index contributed by atoms with van der Waals surface area (Å²) < 4.78 is 52.4. The summed E-state index contributed by atoms with van der Waals surface area (Å²) in [6.45, 7) is 1.67. The van der Waals surface area contributed by atoms with Crippen LogP contribution in [0.3, 0.4) is 0 Å². The molecule has 2 aliphatic rings. The number of ether oxygens (including phenoxy) is 2. The van der Waals surface area contributed by atoms with Crippen LogP contribution in [0.4, 0.5) is 18.9 Å². The van der Waals surface area contributed by atoms with Crippen LogP contribution in [0, 0.1) is 5.92 Å². The summed E-state index contributed by atoms with van der Waals surface area (Å²) in [5.74, 6) is -2.15. The number of carbonyl (C=O) groups is 2. The average molecular weight is 563 g/mol. The Morgan fingerprint density at radius 3 is 2.32 bits per heavy atom. The third kappa shape index (κ3) is 5.36. The number of halogens is 3. The van der Waals surface area contributed by atoms with Gasteiger partial charge >= 0.3 is 6.18 Å².